The average molecular weight is 668 g/mol. The van der Waals surface area contributed by atoms with E-state index >= 15 is 0 Å². The van der Waals surface area contributed by atoms with Crippen molar-refractivity contribution < 1.29 is 9.90 Å². The minimum atomic E-state index is -0.852. The first-order chi connectivity index (χ1) is 23.3. The van der Waals surface area contributed by atoms with Gasteiger partial charge in [0.1, 0.15) is 0 Å². The SMILES string of the molecule is C=C(C)[C@@H]1CC[C@]2(NCCNC[C@H]3NCC4CC43)CC[C@]3(C)[C@H](CC[C@@H]4[C@@]5(C)CC=C(c6ccc(C(=O)O)cc6)C(C)(C)[C@@H]5CC[C@]43C)[C@@H]12. The van der Waals surface area contributed by atoms with Crippen molar-refractivity contribution >= 4 is 11.5 Å². The van der Waals surface area contributed by atoms with E-state index in [-0.39, 0.29) is 16.4 Å². The topological polar surface area (TPSA) is 73.4 Å². The Labute approximate surface area is 296 Å². The van der Waals surface area contributed by atoms with E-state index in [1.807, 2.05) is 12.1 Å². The number of piperidine rings is 1. The van der Waals surface area contributed by atoms with E-state index < -0.39 is 5.97 Å². The molecule has 1 aromatic carbocycles. The summed E-state index contributed by atoms with van der Waals surface area (Å²) in [5.41, 5.74) is 5.65. The van der Waals surface area contributed by atoms with Gasteiger partial charge in [0.2, 0.25) is 0 Å². The smallest absolute Gasteiger partial charge is 0.335 e. The van der Waals surface area contributed by atoms with Crippen LogP contribution in [0.3, 0.4) is 0 Å². The number of benzene rings is 1. The highest BCUT2D eigenvalue weighted by Crippen LogP contribution is 2.76. The summed E-state index contributed by atoms with van der Waals surface area (Å²) in [6.07, 6.45) is 15.7. The first-order valence-corrected chi connectivity index (χ1v) is 20.1. The van der Waals surface area contributed by atoms with Gasteiger partial charge in [0, 0.05) is 31.2 Å². The molecule has 8 rings (SSSR count). The molecular weight excluding hydrogens is 603 g/mol. The third-order valence-corrected chi connectivity index (χ3v) is 17.4. The number of rotatable bonds is 9. The van der Waals surface area contributed by atoms with Crippen LogP contribution >= 0.6 is 0 Å². The number of carboxylic acid groups (broad SMARTS) is 1. The van der Waals surface area contributed by atoms with E-state index in [0.717, 1.165) is 49.7 Å². The van der Waals surface area contributed by atoms with Gasteiger partial charge in [-0.05, 0) is 164 Å². The molecule has 0 aromatic heterocycles. The van der Waals surface area contributed by atoms with Crippen molar-refractivity contribution in [3.63, 3.8) is 0 Å². The Morgan fingerprint density at radius 1 is 0.939 bits per heavy atom. The zero-order valence-electron chi connectivity index (χ0n) is 31.5. The molecule has 2 unspecified atom stereocenters. The number of hydrogen-bond donors (Lipinski definition) is 4. The zero-order chi connectivity index (χ0) is 34.6. The Balaban J connectivity index is 1.03. The van der Waals surface area contributed by atoms with Gasteiger partial charge in [-0.2, -0.15) is 0 Å². The molecule has 1 aliphatic heterocycles. The summed E-state index contributed by atoms with van der Waals surface area (Å²) >= 11 is 0. The van der Waals surface area contributed by atoms with Crippen LogP contribution in [0, 0.1) is 63.1 Å². The molecule has 1 heterocycles. The summed E-state index contributed by atoms with van der Waals surface area (Å²) < 4.78 is 0. The van der Waals surface area contributed by atoms with Crippen LogP contribution in [-0.4, -0.2) is 48.8 Å². The Bertz CT molecular complexity index is 1510. The van der Waals surface area contributed by atoms with Crippen molar-refractivity contribution in [3.05, 3.63) is 53.6 Å². The molecule has 0 spiro atoms. The maximum atomic E-state index is 11.6. The molecule has 4 N–H and O–H groups in total. The Morgan fingerprint density at radius 3 is 2.39 bits per heavy atom. The normalized spacial score (nSPS) is 46.0. The van der Waals surface area contributed by atoms with Gasteiger partial charge in [-0.1, -0.05) is 65.0 Å². The molecule has 49 heavy (non-hydrogen) atoms. The highest BCUT2D eigenvalue weighted by atomic mass is 16.4. The maximum absolute atomic E-state index is 11.6. The fourth-order valence-electron chi connectivity index (χ4n) is 14.7. The first kappa shape index (κ1) is 34.2. The molecule has 6 fully saturated rings. The van der Waals surface area contributed by atoms with Crippen LogP contribution in [0.15, 0.2) is 42.5 Å². The molecule has 1 saturated heterocycles. The molecular formula is C44H65N3O2. The second-order valence-corrected chi connectivity index (χ2v) is 19.6. The predicted octanol–water partition coefficient (Wildman–Crippen LogP) is 8.58. The van der Waals surface area contributed by atoms with Crippen LogP contribution in [0.25, 0.3) is 5.57 Å². The summed E-state index contributed by atoms with van der Waals surface area (Å²) in [5, 5.41) is 21.4. The molecule has 0 bridgehead atoms. The van der Waals surface area contributed by atoms with E-state index in [1.165, 1.54) is 81.0 Å². The van der Waals surface area contributed by atoms with Crippen molar-refractivity contribution in [2.75, 3.05) is 26.2 Å². The van der Waals surface area contributed by atoms with Gasteiger partial charge in [0.05, 0.1) is 5.56 Å². The lowest BCUT2D eigenvalue weighted by molar-refractivity contribution is -0.219. The van der Waals surface area contributed by atoms with Gasteiger partial charge in [-0.3, -0.25) is 0 Å². The Hall–Kier alpha value is -1.95. The van der Waals surface area contributed by atoms with E-state index in [4.69, 9.17) is 0 Å². The third kappa shape index (κ3) is 5.05. The summed E-state index contributed by atoms with van der Waals surface area (Å²) in [4.78, 5) is 11.6. The van der Waals surface area contributed by atoms with Gasteiger partial charge in [-0.15, -0.1) is 0 Å². The van der Waals surface area contributed by atoms with Crippen LogP contribution in [0.1, 0.15) is 122 Å². The van der Waals surface area contributed by atoms with Crippen LogP contribution in [0.4, 0.5) is 0 Å². The van der Waals surface area contributed by atoms with Gasteiger partial charge in [-0.25, -0.2) is 4.79 Å². The molecule has 12 atom stereocenters. The maximum Gasteiger partial charge on any atom is 0.335 e. The third-order valence-electron chi connectivity index (χ3n) is 17.4. The first-order valence-electron chi connectivity index (χ1n) is 20.1. The minimum Gasteiger partial charge on any atom is -0.478 e. The van der Waals surface area contributed by atoms with Gasteiger partial charge >= 0.3 is 5.97 Å². The van der Waals surface area contributed by atoms with E-state index in [2.05, 4.69) is 70.1 Å². The lowest BCUT2D eigenvalue weighted by Crippen LogP contribution is -2.68. The van der Waals surface area contributed by atoms with Crippen LogP contribution < -0.4 is 16.0 Å². The quantitative estimate of drug-likeness (QED) is 0.157. The lowest BCUT2D eigenvalue weighted by atomic mass is 9.33. The summed E-state index contributed by atoms with van der Waals surface area (Å²) in [5.74, 6) is 4.47. The molecule has 5 saturated carbocycles. The van der Waals surface area contributed by atoms with Gasteiger partial charge in [0.25, 0.3) is 0 Å². The summed E-state index contributed by atoms with van der Waals surface area (Å²) in [7, 11) is 0. The highest BCUT2D eigenvalue weighted by molar-refractivity contribution is 5.88. The second kappa shape index (κ2) is 11.8. The van der Waals surface area contributed by atoms with Crippen molar-refractivity contribution in [2.24, 2.45) is 63.1 Å². The molecule has 7 aliphatic rings. The van der Waals surface area contributed by atoms with Crippen molar-refractivity contribution in [1.29, 1.82) is 0 Å². The number of carboxylic acids is 1. The summed E-state index contributed by atoms with van der Waals surface area (Å²) in [6, 6.07) is 8.36. The fraction of sp³-hybridized carbons (Fsp3) is 0.750. The summed E-state index contributed by atoms with van der Waals surface area (Å²) in [6.45, 7) is 24.6. The van der Waals surface area contributed by atoms with Crippen LogP contribution in [-0.2, 0) is 0 Å². The predicted molar refractivity (Wildman–Crippen MR) is 200 cm³/mol. The number of carbonyl (C=O) groups is 1. The minimum absolute atomic E-state index is 0.0428. The molecule has 6 aliphatic carbocycles. The van der Waals surface area contributed by atoms with Crippen molar-refractivity contribution in [2.45, 2.75) is 117 Å². The lowest BCUT2D eigenvalue weighted by Gasteiger charge is -2.72. The van der Waals surface area contributed by atoms with Crippen LogP contribution in [0.2, 0.25) is 0 Å². The molecule has 0 amide bonds. The standard InChI is InChI=1S/C44H65N3O2/c1-27(2)31-14-19-44(47-23-22-45-26-35-32-24-30(32)25-46-35)21-20-42(6)34(38(31)44)12-13-37-41(5)17-15-33(28-8-10-29(11-9-28)39(48)49)40(3,4)36(41)16-18-43(37,42)7/h8-11,15,30-32,34-38,45-47H,1,12-14,16-26H2,2-7H3,(H,48,49)/t30?,31-,32?,34+,35+,36-,37+,38+,41-,42+,43+,44-/m0/s1. The molecule has 5 heteroatoms. The zero-order valence-corrected chi connectivity index (χ0v) is 31.5. The number of aromatic carboxylic acids is 1. The average Bonchev–Trinajstić information content (AvgIpc) is 3.56. The van der Waals surface area contributed by atoms with E-state index in [0.29, 0.717) is 40.2 Å². The molecule has 1 aromatic rings. The number of allylic oxidation sites excluding steroid dienone is 3. The molecule has 268 valence electrons. The number of fused-ring (bicyclic) bond motifs is 8. The number of nitrogens with one attached hydrogen (secondary N) is 3. The second-order valence-electron chi connectivity index (χ2n) is 19.6. The monoisotopic (exact) mass is 668 g/mol. The fourth-order valence-corrected chi connectivity index (χ4v) is 14.7. The molecule has 0 radical (unpaired) electrons. The van der Waals surface area contributed by atoms with Gasteiger partial charge in [0.15, 0.2) is 0 Å². The van der Waals surface area contributed by atoms with Gasteiger partial charge < -0.3 is 21.1 Å². The van der Waals surface area contributed by atoms with Crippen molar-refractivity contribution in [3.8, 4) is 0 Å². The largest absolute Gasteiger partial charge is 0.478 e. The molecule has 5 nitrogen and oxygen atoms in total. The van der Waals surface area contributed by atoms with Crippen LogP contribution in [0.5, 0.6) is 0 Å². The number of hydrogen-bond acceptors (Lipinski definition) is 4. The van der Waals surface area contributed by atoms with E-state index in [1.54, 1.807) is 12.1 Å². The van der Waals surface area contributed by atoms with E-state index in [9.17, 15) is 9.90 Å². The highest BCUT2D eigenvalue weighted by Gasteiger charge is 2.70. The van der Waals surface area contributed by atoms with Crippen molar-refractivity contribution in [1.82, 2.24) is 16.0 Å². The Morgan fingerprint density at radius 2 is 1.71 bits per heavy atom. The Kier molecular flexibility index (Phi) is 8.21.